The summed E-state index contributed by atoms with van der Waals surface area (Å²) in [6.45, 7) is 3.03. The number of fused-ring (bicyclic) bond motifs is 1. The first-order chi connectivity index (χ1) is 7.52. The molecule has 0 radical (unpaired) electrons. The van der Waals surface area contributed by atoms with Crippen LogP contribution in [-0.2, 0) is 25.6 Å². The van der Waals surface area contributed by atoms with E-state index < -0.39 is 11.9 Å². The molecule has 0 atom stereocenters. The summed E-state index contributed by atoms with van der Waals surface area (Å²) in [7, 11) is 0. The Hall–Kier alpha value is -1.10. The van der Waals surface area contributed by atoms with Crippen molar-refractivity contribution in [2.75, 3.05) is 6.54 Å². The van der Waals surface area contributed by atoms with E-state index in [1.54, 1.807) is 13.0 Å². The van der Waals surface area contributed by atoms with Crippen molar-refractivity contribution in [3.05, 3.63) is 28.6 Å². The van der Waals surface area contributed by atoms with Crippen LogP contribution >= 0.6 is 0 Å². The number of aryl methyl sites for hydroxylation is 1. The molecule has 1 aliphatic heterocycles. The molecule has 88 valence electrons. The van der Waals surface area contributed by atoms with Crippen molar-refractivity contribution >= 4 is 0 Å². The van der Waals surface area contributed by atoms with Gasteiger partial charge in [0, 0.05) is 25.2 Å². The van der Waals surface area contributed by atoms with Crippen molar-refractivity contribution in [3.8, 4) is 0 Å². The Morgan fingerprint density at radius 2 is 2.19 bits per heavy atom. The van der Waals surface area contributed by atoms with Crippen LogP contribution in [0.25, 0.3) is 0 Å². The first-order valence-corrected chi connectivity index (χ1v) is 5.32. The van der Waals surface area contributed by atoms with Gasteiger partial charge in [0.15, 0.2) is 0 Å². The van der Waals surface area contributed by atoms with Crippen molar-refractivity contribution < 1.29 is 13.2 Å². The largest absolute Gasteiger partial charge is 0.433 e. The molecule has 1 aromatic rings. The third-order valence-electron chi connectivity index (χ3n) is 2.77. The van der Waals surface area contributed by atoms with Gasteiger partial charge in [-0.15, -0.1) is 0 Å². The van der Waals surface area contributed by atoms with E-state index in [0.29, 0.717) is 31.6 Å². The number of hydrogen-bond acceptors (Lipinski definition) is 2. The molecule has 0 spiro atoms. The molecule has 1 aliphatic rings. The van der Waals surface area contributed by atoms with Crippen LogP contribution in [0.5, 0.6) is 0 Å². The van der Waals surface area contributed by atoms with Gasteiger partial charge in [0.05, 0.1) is 0 Å². The van der Waals surface area contributed by atoms with E-state index in [2.05, 4.69) is 10.3 Å². The number of hydrogen-bond donors (Lipinski definition) is 1. The molecule has 1 N–H and O–H groups in total. The number of nitrogens with zero attached hydrogens (tertiary/aromatic N) is 1. The topological polar surface area (TPSA) is 24.9 Å². The van der Waals surface area contributed by atoms with Crippen LogP contribution in [0.4, 0.5) is 13.2 Å². The summed E-state index contributed by atoms with van der Waals surface area (Å²) in [5, 5.41) is 3.13. The summed E-state index contributed by atoms with van der Waals surface area (Å²) >= 11 is 0. The van der Waals surface area contributed by atoms with Gasteiger partial charge in [0.1, 0.15) is 5.69 Å². The number of rotatable bonds is 1. The van der Waals surface area contributed by atoms with Gasteiger partial charge in [-0.3, -0.25) is 0 Å². The average molecular weight is 230 g/mol. The lowest BCUT2D eigenvalue weighted by atomic mass is 10.0. The van der Waals surface area contributed by atoms with Gasteiger partial charge < -0.3 is 5.32 Å². The molecule has 0 aliphatic carbocycles. The maximum absolute atomic E-state index is 12.7. The zero-order valence-electron chi connectivity index (χ0n) is 8.99. The lowest BCUT2D eigenvalue weighted by molar-refractivity contribution is -0.141. The van der Waals surface area contributed by atoms with Gasteiger partial charge in [-0.2, -0.15) is 13.2 Å². The van der Waals surface area contributed by atoms with Crippen LogP contribution in [0.2, 0.25) is 0 Å². The van der Waals surface area contributed by atoms with Crippen LogP contribution in [0.15, 0.2) is 6.07 Å². The first-order valence-electron chi connectivity index (χ1n) is 5.32. The molecule has 0 bridgehead atoms. The SMILES string of the molecule is CCc1cc2c(nc1C(F)(F)F)CCNC2. The van der Waals surface area contributed by atoms with E-state index in [1.807, 2.05) is 0 Å². The van der Waals surface area contributed by atoms with E-state index in [4.69, 9.17) is 0 Å². The fourth-order valence-corrected chi connectivity index (χ4v) is 1.95. The summed E-state index contributed by atoms with van der Waals surface area (Å²) in [6, 6.07) is 1.64. The highest BCUT2D eigenvalue weighted by Crippen LogP contribution is 2.32. The van der Waals surface area contributed by atoms with E-state index in [0.717, 1.165) is 5.56 Å². The summed E-state index contributed by atoms with van der Waals surface area (Å²) in [5.74, 6) is 0. The second kappa shape index (κ2) is 4.05. The number of aromatic nitrogens is 1. The zero-order chi connectivity index (χ0) is 11.8. The Bertz CT molecular complexity index is 399. The van der Waals surface area contributed by atoms with Crippen molar-refractivity contribution in [2.45, 2.75) is 32.5 Å². The number of pyridine rings is 1. The average Bonchev–Trinajstić information content (AvgIpc) is 2.26. The lowest BCUT2D eigenvalue weighted by Gasteiger charge is -2.20. The molecule has 5 heteroatoms. The molecule has 0 fully saturated rings. The van der Waals surface area contributed by atoms with E-state index in [9.17, 15) is 13.2 Å². The molecule has 2 rings (SSSR count). The van der Waals surface area contributed by atoms with Gasteiger partial charge in [0.2, 0.25) is 0 Å². The monoisotopic (exact) mass is 230 g/mol. The van der Waals surface area contributed by atoms with Crippen molar-refractivity contribution in [3.63, 3.8) is 0 Å². The molecular formula is C11H13F3N2. The highest BCUT2D eigenvalue weighted by molar-refractivity contribution is 5.33. The Morgan fingerprint density at radius 1 is 1.44 bits per heavy atom. The van der Waals surface area contributed by atoms with E-state index >= 15 is 0 Å². The molecule has 0 saturated carbocycles. The number of nitrogens with one attached hydrogen (secondary N) is 1. The fourth-order valence-electron chi connectivity index (χ4n) is 1.95. The van der Waals surface area contributed by atoms with Crippen molar-refractivity contribution in [1.29, 1.82) is 0 Å². The molecule has 2 nitrogen and oxygen atoms in total. The summed E-state index contributed by atoms with van der Waals surface area (Å²) in [4.78, 5) is 3.79. The molecule has 0 unspecified atom stereocenters. The van der Waals surface area contributed by atoms with Crippen molar-refractivity contribution in [2.24, 2.45) is 0 Å². The normalized spacial score (nSPS) is 16.0. The number of alkyl halides is 3. The molecule has 1 aromatic heterocycles. The van der Waals surface area contributed by atoms with Crippen molar-refractivity contribution in [1.82, 2.24) is 10.3 Å². The second-order valence-corrected chi connectivity index (χ2v) is 3.88. The van der Waals surface area contributed by atoms with Gasteiger partial charge >= 0.3 is 6.18 Å². The Balaban J connectivity index is 2.52. The molecule has 0 saturated heterocycles. The van der Waals surface area contributed by atoms with E-state index in [-0.39, 0.29) is 5.56 Å². The standard InChI is InChI=1S/C11H13F3N2/c1-2-7-5-8-6-15-4-3-9(8)16-10(7)11(12,13)14/h5,15H,2-4,6H2,1H3. The minimum absolute atomic E-state index is 0.287. The van der Waals surface area contributed by atoms with Crippen LogP contribution < -0.4 is 5.32 Å². The van der Waals surface area contributed by atoms with E-state index in [1.165, 1.54) is 0 Å². The minimum Gasteiger partial charge on any atom is -0.312 e. The fraction of sp³-hybridized carbons (Fsp3) is 0.545. The third kappa shape index (κ3) is 2.04. The molecule has 0 aromatic carbocycles. The Labute approximate surface area is 91.9 Å². The maximum atomic E-state index is 12.7. The Morgan fingerprint density at radius 3 is 2.81 bits per heavy atom. The second-order valence-electron chi connectivity index (χ2n) is 3.88. The van der Waals surface area contributed by atoms with Crippen LogP contribution in [-0.4, -0.2) is 11.5 Å². The summed E-state index contributed by atoms with van der Waals surface area (Å²) in [5.41, 5.74) is 1.06. The Kier molecular flexibility index (Phi) is 2.88. The molecule has 2 heterocycles. The van der Waals surface area contributed by atoms with Crippen LogP contribution in [0, 0.1) is 0 Å². The third-order valence-corrected chi connectivity index (χ3v) is 2.77. The molecule has 0 amide bonds. The zero-order valence-corrected chi connectivity index (χ0v) is 8.99. The first kappa shape index (κ1) is 11.4. The lowest BCUT2D eigenvalue weighted by Crippen LogP contribution is -2.26. The highest BCUT2D eigenvalue weighted by atomic mass is 19.4. The maximum Gasteiger partial charge on any atom is 0.433 e. The summed E-state index contributed by atoms with van der Waals surface area (Å²) < 4.78 is 38.2. The predicted molar refractivity (Wildman–Crippen MR) is 54.0 cm³/mol. The summed E-state index contributed by atoms with van der Waals surface area (Å²) in [6.07, 6.45) is -3.41. The minimum atomic E-state index is -4.34. The highest BCUT2D eigenvalue weighted by Gasteiger charge is 2.35. The van der Waals surface area contributed by atoms with Gasteiger partial charge in [-0.05, 0) is 17.5 Å². The smallest absolute Gasteiger partial charge is 0.312 e. The van der Waals surface area contributed by atoms with Gasteiger partial charge in [-0.25, -0.2) is 4.98 Å². The predicted octanol–water partition coefficient (Wildman–Crippen LogP) is 2.31. The van der Waals surface area contributed by atoms with Crippen LogP contribution in [0.3, 0.4) is 0 Å². The van der Waals surface area contributed by atoms with Gasteiger partial charge in [-0.1, -0.05) is 13.0 Å². The van der Waals surface area contributed by atoms with Crippen LogP contribution in [0.1, 0.15) is 29.4 Å². The van der Waals surface area contributed by atoms with Gasteiger partial charge in [0.25, 0.3) is 0 Å². The quantitative estimate of drug-likeness (QED) is 0.800. The molecular weight excluding hydrogens is 217 g/mol. The number of halogens is 3. The molecule has 16 heavy (non-hydrogen) atoms.